The van der Waals surface area contributed by atoms with Crippen molar-refractivity contribution in [3.63, 3.8) is 0 Å². The molecule has 0 aliphatic rings. The van der Waals surface area contributed by atoms with Crippen LogP contribution in [0.3, 0.4) is 0 Å². The minimum Gasteiger partial charge on any atom is -0.350 e. The maximum Gasteiger partial charge on any atom is 0.220 e. The Balaban J connectivity index is 1.88. The standard InChI is InChI=1S/C18H16Cl2FNO2/c1-11(15-7-4-13(19)10-16(15)20)22-18(24)9-8-17(23)12-2-5-14(21)6-3-12/h2-7,10-11H,8-9H2,1H3,(H,22,24). The Morgan fingerprint density at radius 3 is 2.38 bits per heavy atom. The van der Waals surface area contributed by atoms with Crippen LogP contribution < -0.4 is 5.32 Å². The molecule has 1 N–H and O–H groups in total. The Labute approximate surface area is 149 Å². The molecule has 0 saturated heterocycles. The summed E-state index contributed by atoms with van der Waals surface area (Å²) in [7, 11) is 0. The van der Waals surface area contributed by atoms with Gasteiger partial charge >= 0.3 is 0 Å². The maximum atomic E-state index is 12.8. The summed E-state index contributed by atoms with van der Waals surface area (Å²) in [6.45, 7) is 1.80. The number of ketones is 1. The van der Waals surface area contributed by atoms with Crippen molar-refractivity contribution in [2.24, 2.45) is 0 Å². The molecule has 0 bridgehead atoms. The molecule has 1 unspecified atom stereocenters. The minimum atomic E-state index is -0.405. The number of carbonyl (C=O) groups is 2. The summed E-state index contributed by atoms with van der Waals surface area (Å²) in [5, 5.41) is 3.78. The molecule has 126 valence electrons. The summed E-state index contributed by atoms with van der Waals surface area (Å²) in [6.07, 6.45) is 0.101. The highest BCUT2D eigenvalue weighted by Gasteiger charge is 2.14. The van der Waals surface area contributed by atoms with Crippen LogP contribution in [-0.2, 0) is 4.79 Å². The fraction of sp³-hybridized carbons (Fsp3) is 0.222. The zero-order valence-electron chi connectivity index (χ0n) is 13.0. The first-order chi connectivity index (χ1) is 11.4. The van der Waals surface area contributed by atoms with E-state index in [1.807, 2.05) is 0 Å². The Morgan fingerprint density at radius 2 is 1.75 bits per heavy atom. The molecule has 0 aromatic heterocycles. The number of hydrogen-bond acceptors (Lipinski definition) is 2. The Bertz CT molecular complexity index is 747. The van der Waals surface area contributed by atoms with Gasteiger partial charge in [0, 0.05) is 28.5 Å². The molecule has 1 atom stereocenters. The lowest BCUT2D eigenvalue weighted by Crippen LogP contribution is -2.27. The van der Waals surface area contributed by atoms with Crippen molar-refractivity contribution < 1.29 is 14.0 Å². The highest BCUT2D eigenvalue weighted by atomic mass is 35.5. The predicted octanol–water partition coefficient (Wildman–Crippen LogP) is 4.97. The van der Waals surface area contributed by atoms with E-state index in [9.17, 15) is 14.0 Å². The van der Waals surface area contributed by atoms with E-state index < -0.39 is 5.82 Å². The summed E-state index contributed by atoms with van der Waals surface area (Å²) >= 11 is 12.0. The van der Waals surface area contributed by atoms with Gasteiger partial charge in [0.15, 0.2) is 5.78 Å². The van der Waals surface area contributed by atoms with E-state index in [0.29, 0.717) is 15.6 Å². The zero-order chi connectivity index (χ0) is 17.7. The second-order valence-corrected chi connectivity index (χ2v) is 6.23. The van der Waals surface area contributed by atoms with Crippen molar-refractivity contribution in [3.05, 3.63) is 69.5 Å². The number of nitrogens with one attached hydrogen (secondary N) is 1. The van der Waals surface area contributed by atoms with Crippen LogP contribution in [0, 0.1) is 5.82 Å². The van der Waals surface area contributed by atoms with Gasteiger partial charge in [-0.15, -0.1) is 0 Å². The largest absolute Gasteiger partial charge is 0.350 e. The fourth-order valence-corrected chi connectivity index (χ4v) is 2.82. The number of amides is 1. The van der Waals surface area contributed by atoms with Gasteiger partial charge in [0.2, 0.25) is 5.91 Å². The third-order valence-corrected chi connectivity index (χ3v) is 4.11. The lowest BCUT2D eigenvalue weighted by atomic mass is 10.1. The molecule has 0 radical (unpaired) electrons. The van der Waals surface area contributed by atoms with Gasteiger partial charge in [-0.05, 0) is 48.9 Å². The normalized spacial score (nSPS) is 11.8. The van der Waals surface area contributed by atoms with Gasteiger partial charge in [0.05, 0.1) is 6.04 Å². The maximum absolute atomic E-state index is 12.8. The molecule has 1 amide bonds. The van der Waals surface area contributed by atoms with Crippen molar-refractivity contribution >= 4 is 34.9 Å². The van der Waals surface area contributed by atoms with E-state index in [0.717, 1.165) is 5.56 Å². The monoisotopic (exact) mass is 367 g/mol. The quantitative estimate of drug-likeness (QED) is 0.732. The molecule has 0 fully saturated rings. The average molecular weight is 368 g/mol. The highest BCUT2D eigenvalue weighted by molar-refractivity contribution is 6.35. The van der Waals surface area contributed by atoms with Crippen molar-refractivity contribution in [1.29, 1.82) is 0 Å². The molecule has 3 nitrogen and oxygen atoms in total. The Morgan fingerprint density at radius 1 is 1.08 bits per heavy atom. The van der Waals surface area contributed by atoms with Crippen LogP contribution >= 0.6 is 23.2 Å². The SMILES string of the molecule is CC(NC(=O)CCC(=O)c1ccc(F)cc1)c1ccc(Cl)cc1Cl. The number of rotatable bonds is 6. The van der Waals surface area contributed by atoms with E-state index in [2.05, 4.69) is 5.32 Å². The van der Waals surface area contributed by atoms with Gasteiger partial charge in [-0.25, -0.2) is 4.39 Å². The second kappa shape index (κ2) is 8.27. The topological polar surface area (TPSA) is 46.2 Å². The molecule has 0 heterocycles. The van der Waals surface area contributed by atoms with E-state index >= 15 is 0 Å². The Kier molecular flexibility index (Phi) is 6.35. The fourth-order valence-electron chi connectivity index (χ4n) is 2.25. The molecule has 0 aliphatic heterocycles. The molecular weight excluding hydrogens is 352 g/mol. The summed E-state index contributed by atoms with van der Waals surface area (Å²) in [5.74, 6) is -0.871. The van der Waals surface area contributed by atoms with Crippen LogP contribution in [-0.4, -0.2) is 11.7 Å². The number of Topliss-reactive ketones (excluding diaryl/α,β-unsaturated/α-hetero) is 1. The van der Waals surface area contributed by atoms with Crippen LogP contribution in [0.5, 0.6) is 0 Å². The lowest BCUT2D eigenvalue weighted by Gasteiger charge is -2.16. The molecule has 2 rings (SSSR count). The van der Waals surface area contributed by atoms with Crippen molar-refractivity contribution in [1.82, 2.24) is 5.32 Å². The van der Waals surface area contributed by atoms with Crippen LogP contribution in [0.15, 0.2) is 42.5 Å². The molecule has 24 heavy (non-hydrogen) atoms. The summed E-state index contributed by atoms with van der Waals surface area (Å²) in [5.41, 5.74) is 1.14. The minimum absolute atomic E-state index is 0.0474. The van der Waals surface area contributed by atoms with Crippen molar-refractivity contribution in [2.75, 3.05) is 0 Å². The second-order valence-electron chi connectivity index (χ2n) is 5.39. The van der Waals surface area contributed by atoms with E-state index in [4.69, 9.17) is 23.2 Å². The Hall–Kier alpha value is -1.91. The smallest absolute Gasteiger partial charge is 0.220 e. The molecule has 2 aromatic rings. The summed E-state index contributed by atoms with van der Waals surface area (Å²) in [4.78, 5) is 24.0. The third kappa shape index (κ3) is 5.05. The summed E-state index contributed by atoms with van der Waals surface area (Å²) in [6, 6.07) is 10.0. The van der Waals surface area contributed by atoms with E-state index in [1.165, 1.54) is 24.3 Å². The molecule has 0 spiro atoms. The zero-order valence-corrected chi connectivity index (χ0v) is 14.5. The average Bonchev–Trinajstić information content (AvgIpc) is 2.53. The molecular formula is C18H16Cl2FNO2. The van der Waals surface area contributed by atoms with Crippen LogP contribution in [0.1, 0.15) is 41.7 Å². The van der Waals surface area contributed by atoms with Gasteiger partial charge in [-0.2, -0.15) is 0 Å². The van der Waals surface area contributed by atoms with Gasteiger partial charge < -0.3 is 5.32 Å². The van der Waals surface area contributed by atoms with E-state index in [1.54, 1.807) is 25.1 Å². The van der Waals surface area contributed by atoms with Gasteiger partial charge in [0.25, 0.3) is 0 Å². The third-order valence-electron chi connectivity index (χ3n) is 3.55. The van der Waals surface area contributed by atoms with E-state index in [-0.39, 0.29) is 30.6 Å². The summed E-state index contributed by atoms with van der Waals surface area (Å²) < 4.78 is 12.8. The lowest BCUT2D eigenvalue weighted by molar-refractivity contribution is -0.121. The van der Waals surface area contributed by atoms with Crippen LogP contribution in [0.2, 0.25) is 10.0 Å². The van der Waals surface area contributed by atoms with Crippen molar-refractivity contribution in [2.45, 2.75) is 25.8 Å². The first kappa shape index (κ1) is 18.4. The number of carbonyl (C=O) groups excluding carboxylic acids is 2. The van der Waals surface area contributed by atoms with Crippen LogP contribution in [0.25, 0.3) is 0 Å². The molecule has 0 saturated carbocycles. The van der Waals surface area contributed by atoms with Gasteiger partial charge in [-0.1, -0.05) is 29.3 Å². The van der Waals surface area contributed by atoms with Crippen molar-refractivity contribution in [3.8, 4) is 0 Å². The number of hydrogen-bond donors (Lipinski definition) is 1. The predicted molar refractivity (Wildman–Crippen MR) is 93.0 cm³/mol. The molecule has 6 heteroatoms. The van der Waals surface area contributed by atoms with Gasteiger partial charge in [0.1, 0.15) is 5.82 Å². The number of benzene rings is 2. The van der Waals surface area contributed by atoms with Gasteiger partial charge in [-0.3, -0.25) is 9.59 Å². The number of halogens is 3. The molecule has 2 aromatic carbocycles. The molecule has 0 aliphatic carbocycles. The van der Waals surface area contributed by atoms with Crippen LogP contribution in [0.4, 0.5) is 4.39 Å². The first-order valence-corrected chi connectivity index (χ1v) is 8.15. The highest BCUT2D eigenvalue weighted by Crippen LogP contribution is 2.26. The first-order valence-electron chi connectivity index (χ1n) is 7.40.